The van der Waals surface area contributed by atoms with Gasteiger partial charge in [0.05, 0.1) is 7.11 Å². The first kappa shape index (κ1) is 20.5. The molecule has 0 aliphatic carbocycles. The van der Waals surface area contributed by atoms with Crippen LogP contribution in [0, 0.1) is 5.82 Å². The minimum absolute atomic E-state index is 0.181. The van der Waals surface area contributed by atoms with Gasteiger partial charge in [-0.15, -0.1) is 0 Å². The zero-order chi connectivity index (χ0) is 18.9. The number of methoxy groups -OCH3 is 1. The van der Waals surface area contributed by atoms with Crippen LogP contribution in [0.1, 0.15) is 24.8 Å². The fourth-order valence-electron chi connectivity index (χ4n) is 2.93. The first-order valence-electron chi connectivity index (χ1n) is 8.77. The molecule has 1 fully saturated rings. The van der Waals surface area contributed by atoms with Crippen LogP contribution in [0.4, 0.5) is 9.18 Å². The maximum absolute atomic E-state index is 13.8. The van der Waals surface area contributed by atoms with Gasteiger partial charge >= 0.3 is 6.09 Å². The molecule has 0 unspecified atom stereocenters. The number of nitrogens with zero attached hydrogens (tertiary/aromatic N) is 2. The Morgan fingerprint density at radius 3 is 2.77 bits per heavy atom. The van der Waals surface area contributed by atoms with Gasteiger partial charge in [-0.1, -0.05) is 22.0 Å². The number of aryl methyl sites for hydroxylation is 1. The topological polar surface area (TPSA) is 66.0 Å². The minimum Gasteiger partial charge on any atom is -0.453 e. The van der Waals surface area contributed by atoms with E-state index >= 15 is 0 Å². The molecule has 1 amide bonds. The Balaban J connectivity index is 1.69. The molecule has 0 radical (unpaired) electrons. The highest BCUT2D eigenvalue weighted by molar-refractivity contribution is 9.10. The van der Waals surface area contributed by atoms with Gasteiger partial charge in [-0.3, -0.25) is 4.99 Å². The lowest BCUT2D eigenvalue weighted by atomic mass is 10.1. The second kappa shape index (κ2) is 10.4. The van der Waals surface area contributed by atoms with Crippen LogP contribution < -0.4 is 10.6 Å². The summed E-state index contributed by atoms with van der Waals surface area (Å²) in [6.07, 6.45) is 2.90. The summed E-state index contributed by atoms with van der Waals surface area (Å²) < 4.78 is 19.3. The highest BCUT2D eigenvalue weighted by atomic mass is 79.9. The van der Waals surface area contributed by atoms with Crippen LogP contribution in [0.5, 0.6) is 0 Å². The van der Waals surface area contributed by atoms with Crippen molar-refractivity contribution >= 4 is 28.0 Å². The van der Waals surface area contributed by atoms with Crippen LogP contribution in [0.2, 0.25) is 0 Å². The van der Waals surface area contributed by atoms with Gasteiger partial charge in [0.2, 0.25) is 0 Å². The Hall–Kier alpha value is -1.83. The third-order valence-corrected chi connectivity index (χ3v) is 4.92. The van der Waals surface area contributed by atoms with Gasteiger partial charge in [0, 0.05) is 37.2 Å². The van der Waals surface area contributed by atoms with Gasteiger partial charge in [0.25, 0.3) is 0 Å². The van der Waals surface area contributed by atoms with Gasteiger partial charge in [0.15, 0.2) is 5.96 Å². The lowest BCUT2D eigenvalue weighted by molar-refractivity contribution is 0.111. The molecule has 1 aliphatic heterocycles. The maximum Gasteiger partial charge on any atom is 0.409 e. The number of rotatable bonds is 5. The predicted octanol–water partition coefficient (Wildman–Crippen LogP) is 2.92. The van der Waals surface area contributed by atoms with E-state index in [1.54, 1.807) is 11.9 Å². The van der Waals surface area contributed by atoms with Crippen LogP contribution in [0.15, 0.2) is 27.7 Å². The van der Waals surface area contributed by atoms with E-state index in [-0.39, 0.29) is 18.0 Å². The molecule has 2 rings (SSSR count). The summed E-state index contributed by atoms with van der Waals surface area (Å²) in [6.45, 7) is 2.05. The molecule has 0 spiro atoms. The molecule has 8 heteroatoms. The van der Waals surface area contributed by atoms with Crippen molar-refractivity contribution < 1.29 is 13.9 Å². The molecule has 0 atom stereocenters. The number of hydrogen-bond acceptors (Lipinski definition) is 3. The summed E-state index contributed by atoms with van der Waals surface area (Å²) in [6, 6.07) is 5.42. The second-order valence-corrected chi connectivity index (χ2v) is 7.13. The minimum atomic E-state index is -0.272. The number of amides is 1. The Bertz CT molecular complexity index is 634. The number of guanidine groups is 1. The Labute approximate surface area is 162 Å². The Morgan fingerprint density at radius 2 is 2.15 bits per heavy atom. The van der Waals surface area contributed by atoms with Gasteiger partial charge in [-0.2, -0.15) is 0 Å². The number of benzene rings is 1. The van der Waals surface area contributed by atoms with Crippen molar-refractivity contribution in [2.45, 2.75) is 31.7 Å². The standard InChI is InChI=1S/C18H26BrFN4O2/c1-21-17(23-15-7-10-24(11-8-15)18(25)26-2)22-9-3-4-13-5-6-14(19)12-16(13)20/h5-6,12,15H,3-4,7-11H2,1-2H3,(H2,21,22,23). The van der Waals surface area contributed by atoms with Crippen molar-refractivity contribution in [3.8, 4) is 0 Å². The van der Waals surface area contributed by atoms with Crippen molar-refractivity contribution in [2.24, 2.45) is 4.99 Å². The maximum atomic E-state index is 13.8. The highest BCUT2D eigenvalue weighted by Crippen LogP contribution is 2.16. The normalized spacial score (nSPS) is 15.7. The Morgan fingerprint density at radius 1 is 1.42 bits per heavy atom. The number of aliphatic imine (C=N–C) groups is 1. The van der Waals surface area contributed by atoms with Gasteiger partial charge in [-0.25, -0.2) is 9.18 Å². The quantitative estimate of drug-likeness (QED) is 0.429. The molecule has 1 aliphatic rings. The molecule has 0 aromatic heterocycles. The fourth-order valence-corrected chi connectivity index (χ4v) is 3.27. The fraction of sp³-hybridized carbons (Fsp3) is 0.556. The van der Waals surface area contributed by atoms with Crippen molar-refractivity contribution in [3.05, 3.63) is 34.1 Å². The van der Waals surface area contributed by atoms with Crippen LogP contribution in [-0.2, 0) is 11.2 Å². The van der Waals surface area contributed by atoms with E-state index in [0.717, 1.165) is 29.7 Å². The van der Waals surface area contributed by atoms with Crippen molar-refractivity contribution in [3.63, 3.8) is 0 Å². The molecule has 1 aromatic rings. The average Bonchev–Trinajstić information content (AvgIpc) is 2.65. The van der Waals surface area contributed by atoms with E-state index in [1.807, 2.05) is 12.1 Å². The number of hydrogen-bond donors (Lipinski definition) is 2. The first-order valence-corrected chi connectivity index (χ1v) is 9.56. The summed E-state index contributed by atoms with van der Waals surface area (Å²) in [5.74, 6) is 0.553. The second-order valence-electron chi connectivity index (χ2n) is 6.21. The average molecular weight is 429 g/mol. The SMILES string of the molecule is CN=C(NCCCc1ccc(Br)cc1F)NC1CCN(C(=O)OC)CC1. The number of nitrogens with one attached hydrogen (secondary N) is 2. The van der Waals surface area contributed by atoms with Crippen molar-refractivity contribution in [2.75, 3.05) is 33.8 Å². The van der Waals surface area contributed by atoms with Crippen LogP contribution in [0.3, 0.4) is 0 Å². The largest absolute Gasteiger partial charge is 0.453 e. The molecule has 0 bridgehead atoms. The predicted molar refractivity (Wildman–Crippen MR) is 104 cm³/mol. The van der Waals surface area contributed by atoms with E-state index < -0.39 is 0 Å². The van der Waals surface area contributed by atoms with Crippen LogP contribution >= 0.6 is 15.9 Å². The molecular weight excluding hydrogens is 403 g/mol. The molecule has 1 saturated heterocycles. The van der Waals surface area contributed by atoms with Crippen molar-refractivity contribution in [1.82, 2.24) is 15.5 Å². The van der Waals surface area contributed by atoms with E-state index in [1.165, 1.54) is 13.2 Å². The third kappa shape index (κ3) is 6.16. The summed E-state index contributed by atoms with van der Waals surface area (Å²) in [4.78, 5) is 17.4. The number of piperidine rings is 1. The van der Waals surface area contributed by atoms with Gasteiger partial charge < -0.3 is 20.3 Å². The van der Waals surface area contributed by atoms with E-state index in [0.29, 0.717) is 31.6 Å². The van der Waals surface area contributed by atoms with E-state index in [2.05, 4.69) is 31.6 Å². The third-order valence-electron chi connectivity index (χ3n) is 4.42. The molecule has 144 valence electrons. The number of ether oxygens (including phenoxy) is 1. The van der Waals surface area contributed by atoms with Crippen molar-refractivity contribution in [1.29, 1.82) is 0 Å². The lowest BCUT2D eigenvalue weighted by Gasteiger charge is -2.32. The molecule has 1 aromatic carbocycles. The van der Waals surface area contributed by atoms with E-state index in [4.69, 9.17) is 4.74 Å². The summed E-state index contributed by atoms with van der Waals surface area (Å²) in [5.41, 5.74) is 0.716. The number of halogens is 2. The summed E-state index contributed by atoms with van der Waals surface area (Å²) >= 11 is 3.26. The zero-order valence-electron chi connectivity index (χ0n) is 15.2. The molecule has 6 nitrogen and oxygen atoms in total. The Kier molecular flexibility index (Phi) is 8.15. The number of carbonyl (C=O) groups excluding carboxylic acids is 1. The van der Waals surface area contributed by atoms with E-state index in [9.17, 15) is 9.18 Å². The molecule has 1 heterocycles. The molecule has 0 saturated carbocycles. The molecular formula is C18H26BrFN4O2. The summed E-state index contributed by atoms with van der Waals surface area (Å²) in [7, 11) is 3.13. The van der Waals surface area contributed by atoms with Gasteiger partial charge in [0.1, 0.15) is 5.82 Å². The zero-order valence-corrected chi connectivity index (χ0v) is 16.8. The monoisotopic (exact) mass is 428 g/mol. The number of likely N-dealkylation sites (tertiary alicyclic amines) is 1. The first-order chi connectivity index (χ1) is 12.5. The number of carbonyl (C=O) groups is 1. The van der Waals surface area contributed by atoms with Crippen LogP contribution in [-0.4, -0.2) is 56.8 Å². The molecule has 26 heavy (non-hydrogen) atoms. The highest BCUT2D eigenvalue weighted by Gasteiger charge is 2.23. The summed E-state index contributed by atoms with van der Waals surface area (Å²) in [5, 5.41) is 6.65. The van der Waals surface area contributed by atoms with Crippen LogP contribution in [0.25, 0.3) is 0 Å². The molecule has 2 N–H and O–H groups in total. The van der Waals surface area contributed by atoms with Gasteiger partial charge in [-0.05, 0) is 43.4 Å². The smallest absolute Gasteiger partial charge is 0.409 e. The lowest BCUT2D eigenvalue weighted by Crippen LogP contribution is -2.49.